The topological polar surface area (TPSA) is 74.6 Å². The molecule has 3 rings (SSSR count). The van der Waals surface area contributed by atoms with Crippen LogP contribution in [0.25, 0.3) is 0 Å². The van der Waals surface area contributed by atoms with E-state index in [4.69, 9.17) is 0 Å². The molecule has 1 aromatic carbocycles. The van der Waals surface area contributed by atoms with Gasteiger partial charge in [-0.15, -0.1) is 11.3 Å². The molecular weight excluding hydrogens is 373 g/mol. The molecule has 112 valence electrons. The van der Waals surface area contributed by atoms with Crippen molar-refractivity contribution >= 4 is 39.1 Å². The van der Waals surface area contributed by atoms with Crippen LogP contribution in [-0.2, 0) is 4.79 Å². The molecule has 2 aromatic rings. The number of rotatable bonds is 3. The van der Waals surface area contributed by atoms with Crippen molar-refractivity contribution in [2.45, 2.75) is 6.04 Å². The van der Waals surface area contributed by atoms with E-state index in [1.165, 1.54) is 35.7 Å². The minimum Gasteiger partial charge on any atom is -0.478 e. The number of aliphatic imine (C=N–C) groups is 1. The Morgan fingerprint density at radius 2 is 2.27 bits per heavy atom. The molecule has 2 N–H and O–H groups in total. The number of carboxylic acid groups (broad SMARTS) is 1. The normalized spacial score (nSPS) is 17.5. The minimum atomic E-state index is -1.09. The number of carbonyl (C=O) groups is 1. The second-order valence-electron chi connectivity index (χ2n) is 4.43. The maximum atomic E-state index is 13.3. The summed E-state index contributed by atoms with van der Waals surface area (Å²) in [7, 11) is 0. The first-order valence-corrected chi connectivity index (χ1v) is 7.86. The molecule has 8 heteroatoms. The number of nitrogens with zero attached hydrogens (tertiary/aromatic N) is 2. The third-order valence-electron chi connectivity index (χ3n) is 3.06. The van der Waals surface area contributed by atoms with E-state index in [1.54, 1.807) is 11.6 Å². The lowest BCUT2D eigenvalue weighted by atomic mass is 9.99. The first kappa shape index (κ1) is 14.9. The average molecular weight is 382 g/mol. The first-order valence-electron chi connectivity index (χ1n) is 6.19. The van der Waals surface area contributed by atoms with Crippen LogP contribution in [0, 0.1) is 5.82 Å². The highest BCUT2D eigenvalue weighted by molar-refractivity contribution is 9.10. The van der Waals surface area contributed by atoms with Gasteiger partial charge in [0.05, 0.1) is 5.57 Å². The molecule has 0 bridgehead atoms. The molecule has 22 heavy (non-hydrogen) atoms. The van der Waals surface area contributed by atoms with Crippen molar-refractivity contribution in [1.82, 2.24) is 10.3 Å². The molecule has 2 heterocycles. The Balaban J connectivity index is 2.08. The van der Waals surface area contributed by atoms with Gasteiger partial charge in [-0.05, 0) is 17.7 Å². The van der Waals surface area contributed by atoms with E-state index < -0.39 is 17.8 Å². The number of hydrogen-bond acceptors (Lipinski definition) is 5. The number of hydrogen-bond donors (Lipinski definition) is 2. The largest absolute Gasteiger partial charge is 0.478 e. The van der Waals surface area contributed by atoms with Gasteiger partial charge in [0, 0.05) is 22.2 Å². The second-order valence-corrected chi connectivity index (χ2v) is 6.18. The molecule has 1 unspecified atom stereocenters. The fraction of sp³-hybridized carbons (Fsp3) is 0.0714. The standard InChI is InChI=1S/C14H9BrFN3O2S/c15-10-5-7(16)1-2-8(10)11-9(14(20)21)6-18-12(19-11)13-17-3-4-22-13/h1-6,11H,(H,18,19)(H,20,21). The zero-order valence-corrected chi connectivity index (χ0v) is 13.4. The summed E-state index contributed by atoms with van der Waals surface area (Å²) in [4.78, 5) is 20.0. The summed E-state index contributed by atoms with van der Waals surface area (Å²) in [5, 5.41) is 14.7. The third-order valence-corrected chi connectivity index (χ3v) is 4.52. The lowest BCUT2D eigenvalue weighted by molar-refractivity contribution is -0.133. The highest BCUT2D eigenvalue weighted by Crippen LogP contribution is 2.34. The lowest BCUT2D eigenvalue weighted by Gasteiger charge is -2.21. The minimum absolute atomic E-state index is 0.0765. The quantitative estimate of drug-likeness (QED) is 0.856. The van der Waals surface area contributed by atoms with Gasteiger partial charge in [-0.25, -0.2) is 14.2 Å². The van der Waals surface area contributed by atoms with Crippen molar-refractivity contribution in [1.29, 1.82) is 0 Å². The van der Waals surface area contributed by atoms with Gasteiger partial charge in [-0.2, -0.15) is 0 Å². The molecule has 0 fully saturated rings. The zero-order chi connectivity index (χ0) is 15.7. The average Bonchev–Trinajstić information content (AvgIpc) is 3.00. The van der Waals surface area contributed by atoms with E-state index in [-0.39, 0.29) is 5.57 Å². The van der Waals surface area contributed by atoms with Crippen LogP contribution in [-0.4, -0.2) is 21.9 Å². The monoisotopic (exact) mass is 381 g/mol. The number of amidine groups is 1. The van der Waals surface area contributed by atoms with E-state index in [9.17, 15) is 14.3 Å². The molecule has 5 nitrogen and oxygen atoms in total. The summed E-state index contributed by atoms with van der Waals surface area (Å²) in [6.45, 7) is 0. The van der Waals surface area contributed by atoms with Gasteiger partial charge in [0.1, 0.15) is 11.9 Å². The maximum Gasteiger partial charge on any atom is 0.335 e. The van der Waals surface area contributed by atoms with Gasteiger partial charge in [-0.3, -0.25) is 4.99 Å². The van der Waals surface area contributed by atoms with Gasteiger partial charge in [0.25, 0.3) is 0 Å². The number of aromatic nitrogens is 1. The second kappa shape index (κ2) is 5.98. The molecule has 0 saturated carbocycles. The Labute approximate surface area is 137 Å². The van der Waals surface area contributed by atoms with Crippen molar-refractivity contribution in [3.05, 3.63) is 62.4 Å². The van der Waals surface area contributed by atoms with Gasteiger partial charge >= 0.3 is 5.97 Å². The zero-order valence-electron chi connectivity index (χ0n) is 11.0. The Kier molecular flexibility index (Phi) is 4.04. The fourth-order valence-electron chi connectivity index (χ4n) is 2.06. The molecular formula is C14H9BrFN3O2S. The predicted octanol–water partition coefficient (Wildman–Crippen LogP) is 3.10. The number of benzene rings is 1. The Hall–Kier alpha value is -2.06. The van der Waals surface area contributed by atoms with Gasteiger partial charge in [0.2, 0.25) is 0 Å². The summed E-state index contributed by atoms with van der Waals surface area (Å²) >= 11 is 4.66. The van der Waals surface area contributed by atoms with Crippen LogP contribution in [0.3, 0.4) is 0 Å². The van der Waals surface area contributed by atoms with Crippen LogP contribution in [0.2, 0.25) is 0 Å². The van der Waals surface area contributed by atoms with Crippen molar-refractivity contribution in [2.24, 2.45) is 4.99 Å². The molecule has 1 aliphatic heterocycles. The summed E-state index contributed by atoms with van der Waals surface area (Å²) in [5.41, 5.74) is 0.651. The fourth-order valence-corrected chi connectivity index (χ4v) is 3.22. The summed E-state index contributed by atoms with van der Waals surface area (Å²) in [6.07, 6.45) is 3.04. The van der Waals surface area contributed by atoms with Gasteiger partial charge in [-0.1, -0.05) is 22.0 Å². The number of carboxylic acids is 1. The van der Waals surface area contributed by atoms with Crippen LogP contribution in [0.15, 0.2) is 51.0 Å². The maximum absolute atomic E-state index is 13.3. The van der Waals surface area contributed by atoms with Crippen LogP contribution >= 0.6 is 27.3 Å². The van der Waals surface area contributed by atoms with Crippen LogP contribution in [0.4, 0.5) is 4.39 Å². The number of thiazole rings is 1. The van der Waals surface area contributed by atoms with Crippen LogP contribution < -0.4 is 5.32 Å². The van der Waals surface area contributed by atoms with E-state index >= 15 is 0 Å². The Bertz CT molecular complexity index is 789. The van der Waals surface area contributed by atoms with Crippen LogP contribution in [0.5, 0.6) is 0 Å². The van der Waals surface area contributed by atoms with Crippen molar-refractivity contribution in [3.63, 3.8) is 0 Å². The Morgan fingerprint density at radius 1 is 1.45 bits per heavy atom. The summed E-state index contributed by atoms with van der Waals surface area (Å²) in [5.74, 6) is -1.01. The van der Waals surface area contributed by atoms with Crippen molar-refractivity contribution < 1.29 is 14.3 Å². The van der Waals surface area contributed by atoms with Gasteiger partial charge < -0.3 is 10.4 Å². The smallest absolute Gasteiger partial charge is 0.335 e. The molecule has 0 saturated heterocycles. The summed E-state index contributed by atoms with van der Waals surface area (Å²) in [6, 6.07) is 3.35. The molecule has 1 aromatic heterocycles. The van der Waals surface area contributed by atoms with Crippen LogP contribution in [0.1, 0.15) is 16.6 Å². The van der Waals surface area contributed by atoms with Crippen molar-refractivity contribution in [3.8, 4) is 0 Å². The number of halogens is 2. The first-order chi connectivity index (χ1) is 10.6. The molecule has 0 amide bonds. The van der Waals surface area contributed by atoms with Crippen molar-refractivity contribution in [2.75, 3.05) is 0 Å². The van der Waals surface area contributed by atoms with E-state index in [0.717, 1.165) is 0 Å². The highest BCUT2D eigenvalue weighted by atomic mass is 79.9. The highest BCUT2D eigenvalue weighted by Gasteiger charge is 2.28. The Morgan fingerprint density at radius 3 is 2.91 bits per heavy atom. The van der Waals surface area contributed by atoms with Gasteiger partial charge in [0.15, 0.2) is 10.8 Å². The molecule has 0 spiro atoms. The molecule has 1 atom stereocenters. The third kappa shape index (κ3) is 2.79. The molecule has 0 radical (unpaired) electrons. The van der Waals surface area contributed by atoms with E-state index in [2.05, 4.69) is 31.2 Å². The van der Waals surface area contributed by atoms with E-state index in [1.807, 2.05) is 0 Å². The SMILES string of the molecule is O=C(O)C1=CNC(c2nccs2)=NC1c1ccc(F)cc1Br. The molecule has 0 aliphatic carbocycles. The summed E-state index contributed by atoms with van der Waals surface area (Å²) < 4.78 is 13.7. The van der Waals surface area contributed by atoms with E-state index in [0.29, 0.717) is 20.9 Å². The lowest BCUT2D eigenvalue weighted by Crippen LogP contribution is -2.28. The predicted molar refractivity (Wildman–Crippen MR) is 84.3 cm³/mol. The number of nitrogens with one attached hydrogen (secondary N) is 1. The number of aliphatic carboxylic acids is 1. The molecule has 1 aliphatic rings.